The van der Waals surface area contributed by atoms with Crippen molar-refractivity contribution in [2.75, 3.05) is 6.61 Å². The van der Waals surface area contributed by atoms with Gasteiger partial charge in [-0.05, 0) is 61.6 Å². The maximum atomic E-state index is 5.85. The zero-order valence-electron chi connectivity index (χ0n) is 15.2. The van der Waals surface area contributed by atoms with Gasteiger partial charge in [0.05, 0.1) is 38.6 Å². The lowest BCUT2D eigenvalue weighted by Gasteiger charge is -2.21. The van der Waals surface area contributed by atoms with Gasteiger partial charge in [-0.1, -0.05) is 18.2 Å². The van der Waals surface area contributed by atoms with E-state index in [9.17, 15) is 0 Å². The molecule has 0 amide bonds. The number of ether oxygens (including phenoxy) is 3. The van der Waals surface area contributed by atoms with Crippen molar-refractivity contribution in [3.63, 3.8) is 0 Å². The smallest absolute Gasteiger partial charge is 0.0747 e. The summed E-state index contributed by atoms with van der Waals surface area (Å²) in [5, 5.41) is 0. The largest absolute Gasteiger partial charge is 0.373 e. The van der Waals surface area contributed by atoms with E-state index in [1.165, 1.54) is 0 Å². The fraction of sp³-hybridized carbons (Fsp3) is 0.400. The Morgan fingerprint density at radius 3 is 1.50 bits per heavy atom. The summed E-state index contributed by atoms with van der Waals surface area (Å²) in [5.41, 5.74) is 3.01. The van der Waals surface area contributed by atoms with Crippen molar-refractivity contribution in [3.05, 3.63) is 68.1 Å². The summed E-state index contributed by atoms with van der Waals surface area (Å²) in [7, 11) is 0. The highest BCUT2D eigenvalue weighted by molar-refractivity contribution is 9.11. The Bertz CT molecular complexity index is 599. The van der Waals surface area contributed by atoms with E-state index < -0.39 is 0 Å². The van der Waals surface area contributed by atoms with E-state index in [0.29, 0.717) is 26.4 Å². The van der Waals surface area contributed by atoms with Crippen molar-refractivity contribution in [2.24, 2.45) is 0 Å². The van der Waals surface area contributed by atoms with Gasteiger partial charge < -0.3 is 14.2 Å². The molecule has 0 aliphatic rings. The molecule has 0 heterocycles. The Labute approximate surface area is 181 Å². The van der Waals surface area contributed by atoms with Gasteiger partial charge in [0.15, 0.2) is 0 Å². The minimum Gasteiger partial charge on any atom is -0.373 e. The zero-order chi connectivity index (χ0) is 19.7. The first-order valence-corrected chi connectivity index (χ1v) is 10.6. The van der Waals surface area contributed by atoms with Gasteiger partial charge in [-0.25, -0.2) is 0 Å². The molecule has 0 fully saturated rings. The molecule has 144 valence electrons. The van der Waals surface area contributed by atoms with Gasteiger partial charge in [-0.2, -0.15) is 0 Å². The van der Waals surface area contributed by atoms with Crippen molar-refractivity contribution in [2.45, 2.75) is 45.9 Å². The van der Waals surface area contributed by atoms with Crippen molar-refractivity contribution >= 4 is 47.8 Å². The van der Waals surface area contributed by atoms with Crippen LogP contribution in [0.5, 0.6) is 0 Å². The molecule has 0 saturated heterocycles. The van der Waals surface area contributed by atoms with Crippen molar-refractivity contribution in [1.29, 1.82) is 0 Å². The molecule has 6 heteroatoms. The van der Waals surface area contributed by atoms with E-state index in [1.807, 2.05) is 13.8 Å². The van der Waals surface area contributed by atoms with Gasteiger partial charge in [0.2, 0.25) is 0 Å². The summed E-state index contributed by atoms with van der Waals surface area (Å²) in [6.07, 6.45) is 5.18. The van der Waals surface area contributed by atoms with Crippen LogP contribution in [0.1, 0.15) is 30.5 Å². The zero-order valence-corrected chi connectivity index (χ0v) is 20.0. The average Bonchev–Trinajstić information content (AvgIpc) is 2.63. The maximum absolute atomic E-state index is 5.85. The molecule has 2 atom stereocenters. The van der Waals surface area contributed by atoms with Crippen LogP contribution in [0, 0.1) is 0 Å². The Morgan fingerprint density at radius 1 is 0.769 bits per heavy atom. The predicted molar refractivity (Wildman–Crippen MR) is 118 cm³/mol. The summed E-state index contributed by atoms with van der Waals surface area (Å²) in [6, 6.07) is 0. The Morgan fingerprint density at radius 2 is 1.15 bits per heavy atom. The van der Waals surface area contributed by atoms with E-state index in [1.54, 1.807) is 18.2 Å². The molecule has 1 aromatic carbocycles. The van der Waals surface area contributed by atoms with Crippen LogP contribution < -0.4 is 0 Å². The molecule has 0 saturated carbocycles. The minimum absolute atomic E-state index is 0.0431. The highest BCUT2D eigenvalue weighted by atomic mass is 79.9. The van der Waals surface area contributed by atoms with Gasteiger partial charge in [-0.3, -0.25) is 0 Å². The fourth-order valence-corrected chi connectivity index (χ4v) is 4.70. The molecule has 0 aromatic heterocycles. The summed E-state index contributed by atoms with van der Waals surface area (Å²) in [4.78, 5) is 0. The highest BCUT2D eigenvalue weighted by Crippen LogP contribution is 2.40. The molecular formula is C20H25Br3O3. The molecule has 1 rings (SSSR count). The van der Waals surface area contributed by atoms with Crippen molar-refractivity contribution < 1.29 is 14.2 Å². The van der Waals surface area contributed by atoms with Crippen LogP contribution in [-0.2, 0) is 34.0 Å². The third-order valence-corrected chi connectivity index (χ3v) is 6.59. The van der Waals surface area contributed by atoms with Crippen molar-refractivity contribution in [3.8, 4) is 0 Å². The first-order chi connectivity index (χ1) is 12.4. The molecule has 0 aliphatic heterocycles. The van der Waals surface area contributed by atoms with Crippen molar-refractivity contribution in [1.82, 2.24) is 0 Å². The van der Waals surface area contributed by atoms with Gasteiger partial charge in [-0.15, -0.1) is 19.7 Å². The molecule has 3 nitrogen and oxygen atoms in total. The summed E-state index contributed by atoms with van der Waals surface area (Å²) >= 11 is 11.1. The van der Waals surface area contributed by atoms with Crippen LogP contribution in [0.4, 0.5) is 0 Å². The van der Waals surface area contributed by atoms with E-state index in [-0.39, 0.29) is 12.2 Å². The Balaban J connectivity index is 3.27. The maximum Gasteiger partial charge on any atom is 0.0747 e. The number of hydrogen-bond acceptors (Lipinski definition) is 3. The second-order valence-electron chi connectivity index (χ2n) is 5.69. The number of benzene rings is 1. The van der Waals surface area contributed by atoms with Gasteiger partial charge in [0.25, 0.3) is 0 Å². The van der Waals surface area contributed by atoms with Gasteiger partial charge in [0.1, 0.15) is 0 Å². The van der Waals surface area contributed by atoms with E-state index in [2.05, 4.69) is 67.5 Å². The molecule has 0 spiro atoms. The van der Waals surface area contributed by atoms with E-state index >= 15 is 0 Å². The second-order valence-corrected chi connectivity index (χ2v) is 8.06. The lowest BCUT2D eigenvalue weighted by Crippen LogP contribution is -2.11. The molecule has 1 aromatic rings. The first-order valence-electron chi connectivity index (χ1n) is 8.21. The van der Waals surface area contributed by atoms with E-state index in [0.717, 1.165) is 30.1 Å². The quantitative estimate of drug-likeness (QED) is 0.209. The molecule has 0 bridgehead atoms. The topological polar surface area (TPSA) is 27.7 Å². The minimum atomic E-state index is -0.0431. The van der Waals surface area contributed by atoms with E-state index in [4.69, 9.17) is 14.2 Å². The standard InChI is InChI=1S/C20H25Br3O3/c1-6-9-24-10-15-18(21)16(11-25-13(4)7-2)20(23)17(19(15)22)12-26-14(5)8-3/h6-8,13-14H,1-3,9-12H2,4-5H3/t13-,14-/m0/s1. The second kappa shape index (κ2) is 12.3. The molecular weight excluding hydrogens is 528 g/mol. The summed E-state index contributed by atoms with van der Waals surface area (Å²) in [6.45, 7) is 16.9. The summed E-state index contributed by atoms with van der Waals surface area (Å²) < 4.78 is 20.2. The molecule has 0 unspecified atom stereocenters. The van der Waals surface area contributed by atoms with Gasteiger partial charge in [0, 0.05) is 30.1 Å². The molecule has 0 aliphatic carbocycles. The third-order valence-electron chi connectivity index (χ3n) is 3.72. The van der Waals surface area contributed by atoms with Crippen LogP contribution in [0.3, 0.4) is 0 Å². The first kappa shape index (κ1) is 23.8. The monoisotopic (exact) mass is 550 g/mol. The van der Waals surface area contributed by atoms with Crippen LogP contribution in [-0.4, -0.2) is 18.8 Å². The Hall–Kier alpha value is -0.240. The molecule has 26 heavy (non-hydrogen) atoms. The fourth-order valence-electron chi connectivity index (χ4n) is 2.03. The highest BCUT2D eigenvalue weighted by Gasteiger charge is 2.21. The lowest BCUT2D eigenvalue weighted by molar-refractivity contribution is 0.0791. The van der Waals surface area contributed by atoms with Crippen LogP contribution >= 0.6 is 47.8 Å². The SMILES string of the molecule is C=CCOCc1c(Br)c(CO[C@@H](C)C=C)c(Br)c(CO[C@@H](C)C=C)c1Br. The lowest BCUT2D eigenvalue weighted by atomic mass is 10.1. The Kier molecular flexibility index (Phi) is 11.2. The third kappa shape index (κ3) is 6.73. The van der Waals surface area contributed by atoms with Crippen LogP contribution in [0.15, 0.2) is 51.4 Å². The number of hydrogen-bond donors (Lipinski definition) is 0. The van der Waals surface area contributed by atoms with Crippen LogP contribution in [0.25, 0.3) is 0 Å². The average molecular weight is 553 g/mol. The normalized spacial score (nSPS) is 13.3. The molecule has 0 N–H and O–H groups in total. The predicted octanol–water partition coefficient (Wildman–Crippen LogP) is 6.86. The van der Waals surface area contributed by atoms with Crippen LogP contribution in [0.2, 0.25) is 0 Å². The van der Waals surface area contributed by atoms with Gasteiger partial charge >= 0.3 is 0 Å². The summed E-state index contributed by atoms with van der Waals surface area (Å²) in [5.74, 6) is 0. The number of halogens is 3. The number of rotatable bonds is 12. The molecule has 0 radical (unpaired) electrons.